The van der Waals surface area contributed by atoms with Gasteiger partial charge in [0.15, 0.2) is 5.11 Å². The van der Waals surface area contributed by atoms with Crippen LogP contribution in [-0.4, -0.2) is 35.0 Å². The number of thiocarbonyl (C=S) groups is 1. The van der Waals surface area contributed by atoms with Crippen LogP contribution in [0.2, 0.25) is 0 Å². The topological polar surface area (TPSA) is 131 Å². The average molecular weight is 496 g/mol. The Balaban J connectivity index is 1.88. The highest BCUT2D eigenvalue weighted by Gasteiger charge is 2.40. The van der Waals surface area contributed by atoms with Crippen molar-refractivity contribution in [3.63, 3.8) is 0 Å². The van der Waals surface area contributed by atoms with E-state index in [0.29, 0.717) is 17.7 Å². The summed E-state index contributed by atoms with van der Waals surface area (Å²) in [7, 11) is -4.05. The molecule has 34 heavy (non-hydrogen) atoms. The molecule has 1 heterocycles. The molecule has 1 atom stereocenters. The van der Waals surface area contributed by atoms with Crippen LogP contribution in [0.25, 0.3) is 0 Å². The van der Waals surface area contributed by atoms with Gasteiger partial charge in [0.25, 0.3) is 5.69 Å². The summed E-state index contributed by atoms with van der Waals surface area (Å²) in [4.78, 5) is 10.4. The Labute approximate surface area is 202 Å². The zero-order valence-corrected chi connectivity index (χ0v) is 19.5. The van der Waals surface area contributed by atoms with Crippen molar-refractivity contribution in [2.45, 2.75) is 17.4 Å². The molecule has 1 aliphatic rings. The molecule has 174 valence electrons. The summed E-state index contributed by atoms with van der Waals surface area (Å²) in [6.07, 6.45) is 0.504. The monoisotopic (exact) mass is 495 g/mol. The number of nitrogens with two attached hydrogens (primary N) is 1. The van der Waals surface area contributed by atoms with Crippen molar-refractivity contribution in [2.24, 2.45) is 10.8 Å². The van der Waals surface area contributed by atoms with Crippen LogP contribution in [-0.2, 0) is 16.4 Å². The lowest BCUT2D eigenvalue weighted by Crippen LogP contribution is -2.44. The predicted molar refractivity (Wildman–Crippen MR) is 133 cm³/mol. The fourth-order valence-electron chi connectivity index (χ4n) is 3.97. The fourth-order valence-corrected chi connectivity index (χ4v) is 5.59. The number of rotatable bonds is 6. The number of benzene rings is 3. The molecular weight excluding hydrogens is 474 g/mol. The van der Waals surface area contributed by atoms with Gasteiger partial charge >= 0.3 is 0 Å². The SMILES string of the molecule is NC(=S)N/N=C(\c1ccccc1)C1c2ccccc2CCN1S(=O)(=O)c1ccc([N+](=O)[O-])cc1. The number of hydrogen-bond donors (Lipinski definition) is 2. The van der Waals surface area contributed by atoms with Crippen LogP contribution < -0.4 is 11.2 Å². The summed E-state index contributed by atoms with van der Waals surface area (Å²) < 4.78 is 29.0. The standard InChI is InChI=1S/C23H21N5O4S2/c24-23(33)26-25-21(17-7-2-1-3-8-17)22-20-9-5-4-6-16(20)14-15-27(22)34(31,32)19-12-10-18(11-13-19)28(29)30/h1-13,22H,14-15H2,(H3,24,26,33)/b25-21+. The summed E-state index contributed by atoms with van der Waals surface area (Å²) in [5.41, 5.74) is 10.9. The third kappa shape index (κ3) is 4.67. The van der Waals surface area contributed by atoms with E-state index in [2.05, 4.69) is 10.5 Å². The van der Waals surface area contributed by atoms with Gasteiger partial charge in [0.2, 0.25) is 10.0 Å². The second-order valence-corrected chi connectivity index (χ2v) is 9.89. The van der Waals surface area contributed by atoms with Gasteiger partial charge in [-0.25, -0.2) is 8.42 Å². The van der Waals surface area contributed by atoms with Crippen molar-refractivity contribution in [1.29, 1.82) is 0 Å². The molecule has 11 heteroatoms. The molecule has 0 radical (unpaired) electrons. The van der Waals surface area contributed by atoms with Gasteiger partial charge in [-0.3, -0.25) is 15.5 Å². The van der Waals surface area contributed by atoms with Crippen molar-refractivity contribution in [3.05, 3.63) is 106 Å². The van der Waals surface area contributed by atoms with Crippen LogP contribution in [0.15, 0.2) is 88.9 Å². The summed E-state index contributed by atoms with van der Waals surface area (Å²) in [6, 6.07) is 20.8. The number of sulfonamides is 1. The largest absolute Gasteiger partial charge is 0.375 e. The van der Waals surface area contributed by atoms with Crippen LogP contribution in [0.3, 0.4) is 0 Å². The summed E-state index contributed by atoms with van der Waals surface area (Å²) in [5.74, 6) is 0. The Morgan fingerprint density at radius 2 is 1.71 bits per heavy atom. The van der Waals surface area contributed by atoms with Crippen molar-refractivity contribution in [3.8, 4) is 0 Å². The first kappa shape index (κ1) is 23.5. The number of non-ortho nitro benzene ring substituents is 1. The lowest BCUT2D eigenvalue weighted by Gasteiger charge is -2.37. The Morgan fingerprint density at radius 1 is 1.06 bits per heavy atom. The van der Waals surface area contributed by atoms with Gasteiger partial charge in [0.05, 0.1) is 21.6 Å². The van der Waals surface area contributed by atoms with Gasteiger partial charge in [0.1, 0.15) is 0 Å². The molecule has 0 aromatic heterocycles. The Hall–Kier alpha value is -3.67. The van der Waals surface area contributed by atoms with Crippen LogP contribution in [0, 0.1) is 10.1 Å². The van der Waals surface area contributed by atoms with Gasteiger partial charge in [-0.15, -0.1) is 0 Å². The van der Waals surface area contributed by atoms with Crippen LogP contribution in [0.1, 0.15) is 22.7 Å². The zero-order chi connectivity index (χ0) is 24.3. The molecule has 4 rings (SSSR count). The van der Waals surface area contributed by atoms with E-state index in [9.17, 15) is 18.5 Å². The smallest absolute Gasteiger partial charge is 0.269 e. The molecule has 3 aromatic rings. The molecule has 0 saturated heterocycles. The molecule has 9 nitrogen and oxygen atoms in total. The van der Waals surface area contributed by atoms with E-state index in [1.54, 1.807) is 0 Å². The second-order valence-electron chi connectivity index (χ2n) is 7.56. The highest BCUT2D eigenvalue weighted by atomic mass is 32.2. The van der Waals surface area contributed by atoms with Crippen LogP contribution in [0.5, 0.6) is 0 Å². The molecular formula is C23H21N5O4S2. The lowest BCUT2D eigenvalue weighted by molar-refractivity contribution is -0.384. The number of nitro benzene ring substituents is 1. The van der Waals surface area contributed by atoms with Gasteiger partial charge in [0, 0.05) is 18.7 Å². The first-order chi connectivity index (χ1) is 16.3. The van der Waals surface area contributed by atoms with Gasteiger partial charge in [-0.05, 0) is 47.5 Å². The number of hydrazone groups is 1. The van der Waals surface area contributed by atoms with E-state index in [4.69, 9.17) is 18.0 Å². The van der Waals surface area contributed by atoms with Crippen LogP contribution >= 0.6 is 12.2 Å². The molecule has 3 aromatic carbocycles. The van der Waals surface area contributed by atoms with Gasteiger partial charge in [-0.2, -0.15) is 9.41 Å². The molecule has 0 bridgehead atoms. The van der Waals surface area contributed by atoms with E-state index in [1.807, 2.05) is 54.6 Å². The number of nitrogens with one attached hydrogen (secondary N) is 1. The van der Waals surface area contributed by atoms with E-state index < -0.39 is 21.0 Å². The van der Waals surface area contributed by atoms with Gasteiger partial charge < -0.3 is 5.73 Å². The minimum absolute atomic E-state index is 0.0443. The number of hydrogen-bond acceptors (Lipinski definition) is 6. The average Bonchev–Trinajstić information content (AvgIpc) is 2.84. The van der Waals surface area contributed by atoms with Crippen molar-refractivity contribution in [1.82, 2.24) is 9.73 Å². The van der Waals surface area contributed by atoms with E-state index in [1.165, 1.54) is 28.6 Å². The van der Waals surface area contributed by atoms with Crippen molar-refractivity contribution in [2.75, 3.05) is 6.54 Å². The predicted octanol–water partition coefficient (Wildman–Crippen LogP) is 3.12. The highest BCUT2D eigenvalue weighted by molar-refractivity contribution is 7.89. The summed E-state index contributed by atoms with van der Waals surface area (Å²) in [5, 5.41) is 15.4. The maximum atomic E-state index is 13.8. The minimum atomic E-state index is -4.05. The molecule has 0 fully saturated rings. The highest BCUT2D eigenvalue weighted by Crippen LogP contribution is 2.37. The molecule has 1 unspecified atom stereocenters. The number of fused-ring (bicyclic) bond motifs is 1. The maximum absolute atomic E-state index is 13.8. The molecule has 0 aliphatic carbocycles. The quantitative estimate of drug-likeness (QED) is 0.232. The van der Waals surface area contributed by atoms with E-state index in [-0.39, 0.29) is 22.2 Å². The normalized spacial score (nSPS) is 16.5. The number of nitro groups is 1. The zero-order valence-electron chi connectivity index (χ0n) is 17.9. The summed E-state index contributed by atoms with van der Waals surface area (Å²) >= 11 is 4.93. The Morgan fingerprint density at radius 3 is 2.35 bits per heavy atom. The third-order valence-corrected chi connectivity index (χ3v) is 7.48. The van der Waals surface area contributed by atoms with Gasteiger partial charge in [-0.1, -0.05) is 54.6 Å². The Kier molecular flexibility index (Phi) is 6.68. The minimum Gasteiger partial charge on any atom is -0.375 e. The lowest BCUT2D eigenvalue weighted by atomic mass is 9.89. The van der Waals surface area contributed by atoms with Crippen molar-refractivity contribution < 1.29 is 13.3 Å². The van der Waals surface area contributed by atoms with Crippen molar-refractivity contribution >= 4 is 38.8 Å². The van der Waals surface area contributed by atoms with Crippen LogP contribution in [0.4, 0.5) is 5.69 Å². The molecule has 1 aliphatic heterocycles. The first-order valence-corrected chi connectivity index (χ1v) is 12.2. The van der Waals surface area contributed by atoms with E-state index >= 15 is 0 Å². The maximum Gasteiger partial charge on any atom is 0.269 e. The molecule has 0 amide bonds. The number of nitrogens with zero attached hydrogens (tertiary/aromatic N) is 3. The Bertz CT molecular complexity index is 1360. The molecule has 3 N–H and O–H groups in total. The third-order valence-electron chi connectivity index (χ3n) is 5.51. The molecule has 0 saturated carbocycles. The first-order valence-electron chi connectivity index (χ1n) is 10.3. The second kappa shape index (κ2) is 9.67. The molecule has 0 spiro atoms. The summed E-state index contributed by atoms with van der Waals surface area (Å²) in [6.45, 7) is 0.194. The fraction of sp³-hybridized carbons (Fsp3) is 0.130. The van der Waals surface area contributed by atoms with E-state index in [0.717, 1.165) is 11.1 Å².